The van der Waals surface area contributed by atoms with E-state index in [1.807, 2.05) is 0 Å². The lowest BCUT2D eigenvalue weighted by molar-refractivity contribution is 0.0756. The number of piperazine rings is 1. The number of carbonyl (C=O) groups excluding carboxylic acids is 1. The molecule has 174 valence electrons. The minimum absolute atomic E-state index is 0.0430. The summed E-state index contributed by atoms with van der Waals surface area (Å²) < 4.78 is 32.3. The van der Waals surface area contributed by atoms with Gasteiger partial charge >= 0.3 is 0 Å². The lowest BCUT2D eigenvalue weighted by Crippen LogP contribution is -2.48. The van der Waals surface area contributed by atoms with Crippen molar-refractivity contribution in [3.63, 3.8) is 0 Å². The molecule has 2 heterocycles. The van der Waals surface area contributed by atoms with Crippen LogP contribution in [0.25, 0.3) is 0 Å². The van der Waals surface area contributed by atoms with Gasteiger partial charge in [-0.1, -0.05) is 6.42 Å². The monoisotopic (exact) mass is 452 g/mol. The van der Waals surface area contributed by atoms with Gasteiger partial charge in [-0.05, 0) is 63.2 Å². The fourth-order valence-electron chi connectivity index (χ4n) is 4.18. The summed E-state index contributed by atoms with van der Waals surface area (Å²) in [4.78, 5) is 17.3. The minimum atomic E-state index is -3.38. The van der Waals surface area contributed by atoms with Gasteiger partial charge in [0.1, 0.15) is 5.75 Å². The highest BCUT2D eigenvalue weighted by atomic mass is 32.2. The number of nitrogens with zero attached hydrogens (tertiary/aromatic N) is 3. The maximum atomic E-state index is 13.2. The molecule has 1 amide bonds. The van der Waals surface area contributed by atoms with Crippen molar-refractivity contribution in [2.24, 2.45) is 0 Å². The minimum Gasteiger partial charge on any atom is -0.497 e. The van der Waals surface area contributed by atoms with E-state index in [9.17, 15) is 13.2 Å². The van der Waals surface area contributed by atoms with Gasteiger partial charge < -0.3 is 19.9 Å². The van der Waals surface area contributed by atoms with Gasteiger partial charge in [0, 0.05) is 44.8 Å². The van der Waals surface area contributed by atoms with Gasteiger partial charge in [0.15, 0.2) is 0 Å². The molecule has 2 saturated heterocycles. The van der Waals surface area contributed by atoms with Crippen molar-refractivity contribution >= 4 is 15.9 Å². The normalized spacial score (nSPS) is 18.6. The quantitative estimate of drug-likeness (QED) is 0.575. The molecule has 3 rings (SSSR count). The average Bonchev–Trinajstić information content (AvgIpc) is 2.82. The topological polar surface area (TPSA) is 82.2 Å². The van der Waals surface area contributed by atoms with Crippen LogP contribution >= 0.6 is 0 Å². The largest absolute Gasteiger partial charge is 0.497 e. The third-order valence-electron chi connectivity index (χ3n) is 6.06. The zero-order valence-corrected chi connectivity index (χ0v) is 19.4. The van der Waals surface area contributed by atoms with Gasteiger partial charge in [-0.25, -0.2) is 8.42 Å². The van der Waals surface area contributed by atoms with Crippen LogP contribution in [0, 0.1) is 0 Å². The molecule has 0 bridgehead atoms. The van der Waals surface area contributed by atoms with Gasteiger partial charge in [-0.15, -0.1) is 0 Å². The highest BCUT2D eigenvalue weighted by Crippen LogP contribution is 2.15. The summed E-state index contributed by atoms with van der Waals surface area (Å²) in [5.41, 5.74) is 0.554. The first-order valence-corrected chi connectivity index (χ1v) is 12.9. The first kappa shape index (κ1) is 24.0. The zero-order valence-electron chi connectivity index (χ0n) is 18.6. The van der Waals surface area contributed by atoms with Crippen LogP contribution in [0.15, 0.2) is 24.3 Å². The standard InChI is InChI=1S/C22H36N4O4S/c1-30-21-8-6-20(7-9-21)22(27)25(15-5-14-24-12-3-2-4-13-24)18-19-31(28,29)26-16-10-23-11-17-26/h6-9,23H,2-5,10-19H2,1H3. The number of ether oxygens (including phenoxy) is 1. The van der Waals surface area contributed by atoms with Crippen LogP contribution in [-0.2, 0) is 10.0 Å². The number of benzene rings is 1. The van der Waals surface area contributed by atoms with Crippen LogP contribution in [-0.4, -0.2) is 100 Å². The van der Waals surface area contributed by atoms with E-state index in [0.29, 0.717) is 44.0 Å². The van der Waals surface area contributed by atoms with Crippen molar-refractivity contribution in [1.82, 2.24) is 19.4 Å². The Morgan fingerprint density at radius 3 is 2.35 bits per heavy atom. The Labute approximate surface area is 186 Å². The highest BCUT2D eigenvalue weighted by molar-refractivity contribution is 7.89. The predicted molar refractivity (Wildman–Crippen MR) is 122 cm³/mol. The first-order chi connectivity index (χ1) is 15.0. The summed E-state index contributed by atoms with van der Waals surface area (Å²) in [6, 6.07) is 7.00. The van der Waals surface area contributed by atoms with Crippen LogP contribution in [0.1, 0.15) is 36.0 Å². The van der Waals surface area contributed by atoms with E-state index >= 15 is 0 Å². The van der Waals surface area contributed by atoms with Gasteiger partial charge in [0.2, 0.25) is 10.0 Å². The molecule has 0 atom stereocenters. The van der Waals surface area contributed by atoms with Gasteiger partial charge in [0.25, 0.3) is 5.91 Å². The van der Waals surface area contributed by atoms with E-state index in [1.165, 1.54) is 23.6 Å². The average molecular weight is 453 g/mol. The Morgan fingerprint density at radius 2 is 1.71 bits per heavy atom. The SMILES string of the molecule is COc1ccc(C(=O)N(CCCN2CCCCC2)CCS(=O)(=O)N2CCNCC2)cc1. The fourth-order valence-corrected chi connectivity index (χ4v) is 5.62. The molecule has 0 radical (unpaired) electrons. The molecule has 0 saturated carbocycles. The van der Waals surface area contributed by atoms with Crippen LogP contribution in [0.2, 0.25) is 0 Å². The molecule has 9 heteroatoms. The van der Waals surface area contributed by atoms with Crippen LogP contribution in [0.4, 0.5) is 0 Å². The van der Waals surface area contributed by atoms with Crippen molar-refractivity contribution in [3.8, 4) is 5.75 Å². The summed E-state index contributed by atoms with van der Waals surface area (Å²) >= 11 is 0. The van der Waals surface area contributed by atoms with E-state index in [2.05, 4.69) is 10.2 Å². The number of amides is 1. The van der Waals surface area contributed by atoms with E-state index in [4.69, 9.17) is 4.74 Å². The molecule has 31 heavy (non-hydrogen) atoms. The Kier molecular flexibility index (Phi) is 9.13. The second kappa shape index (κ2) is 11.8. The van der Waals surface area contributed by atoms with E-state index in [-0.39, 0.29) is 18.2 Å². The Morgan fingerprint density at radius 1 is 1.03 bits per heavy atom. The molecule has 2 aliphatic heterocycles. The Hall–Kier alpha value is -1.68. The Balaban J connectivity index is 1.62. The zero-order chi connectivity index (χ0) is 22.1. The van der Waals surface area contributed by atoms with Crippen molar-refractivity contribution < 1.29 is 17.9 Å². The number of carbonyl (C=O) groups is 1. The van der Waals surface area contributed by atoms with Gasteiger partial charge in [0.05, 0.1) is 12.9 Å². The number of hydrogen-bond acceptors (Lipinski definition) is 6. The fraction of sp³-hybridized carbons (Fsp3) is 0.682. The molecule has 2 aliphatic rings. The molecule has 0 aliphatic carbocycles. The smallest absolute Gasteiger partial charge is 0.253 e. The number of sulfonamides is 1. The van der Waals surface area contributed by atoms with E-state index in [0.717, 1.165) is 26.1 Å². The second-order valence-corrected chi connectivity index (χ2v) is 10.3. The molecular formula is C22H36N4O4S. The van der Waals surface area contributed by atoms with Crippen molar-refractivity contribution in [2.75, 3.05) is 71.8 Å². The van der Waals surface area contributed by atoms with Gasteiger partial charge in [-0.2, -0.15) is 4.31 Å². The summed E-state index contributed by atoms with van der Waals surface area (Å²) in [5, 5.41) is 3.17. The number of methoxy groups -OCH3 is 1. The number of nitrogens with one attached hydrogen (secondary N) is 1. The number of rotatable bonds is 10. The second-order valence-electron chi connectivity index (χ2n) is 8.24. The lowest BCUT2D eigenvalue weighted by atomic mass is 10.1. The lowest BCUT2D eigenvalue weighted by Gasteiger charge is -2.30. The summed E-state index contributed by atoms with van der Waals surface area (Å²) in [6.45, 7) is 6.25. The number of likely N-dealkylation sites (tertiary alicyclic amines) is 1. The predicted octanol–water partition coefficient (Wildman–Crippen LogP) is 1.25. The van der Waals surface area contributed by atoms with Crippen LogP contribution in [0.5, 0.6) is 5.75 Å². The molecule has 1 aromatic rings. The summed E-state index contributed by atoms with van der Waals surface area (Å²) in [5.74, 6) is 0.518. The molecular weight excluding hydrogens is 416 g/mol. The third-order valence-corrected chi connectivity index (χ3v) is 7.91. The van der Waals surface area contributed by atoms with Crippen molar-refractivity contribution in [2.45, 2.75) is 25.7 Å². The van der Waals surface area contributed by atoms with Crippen molar-refractivity contribution in [3.05, 3.63) is 29.8 Å². The summed E-state index contributed by atoms with van der Waals surface area (Å²) in [7, 11) is -1.79. The molecule has 1 aromatic carbocycles. The number of piperidine rings is 1. The van der Waals surface area contributed by atoms with Crippen LogP contribution in [0.3, 0.4) is 0 Å². The Bertz CT molecular complexity index is 788. The molecule has 1 N–H and O–H groups in total. The highest BCUT2D eigenvalue weighted by Gasteiger charge is 2.26. The van der Waals surface area contributed by atoms with E-state index < -0.39 is 10.0 Å². The first-order valence-electron chi connectivity index (χ1n) is 11.3. The molecule has 0 spiro atoms. The van der Waals surface area contributed by atoms with E-state index in [1.54, 1.807) is 36.3 Å². The maximum absolute atomic E-state index is 13.2. The number of hydrogen-bond donors (Lipinski definition) is 1. The molecule has 8 nitrogen and oxygen atoms in total. The molecule has 0 unspecified atom stereocenters. The van der Waals surface area contributed by atoms with Crippen LogP contribution < -0.4 is 10.1 Å². The third kappa shape index (κ3) is 7.17. The molecule has 2 fully saturated rings. The summed E-state index contributed by atoms with van der Waals surface area (Å²) in [6.07, 6.45) is 4.60. The van der Waals surface area contributed by atoms with Gasteiger partial charge in [-0.3, -0.25) is 4.79 Å². The molecule has 0 aromatic heterocycles. The maximum Gasteiger partial charge on any atom is 0.253 e. The van der Waals surface area contributed by atoms with Crippen molar-refractivity contribution in [1.29, 1.82) is 0 Å².